The van der Waals surface area contributed by atoms with Crippen molar-refractivity contribution in [3.05, 3.63) is 0 Å². The highest BCUT2D eigenvalue weighted by atomic mass is 15.2. The number of likely N-dealkylation sites (tertiary alicyclic amines) is 1. The molecule has 0 spiro atoms. The second kappa shape index (κ2) is 5.50. The van der Waals surface area contributed by atoms with Gasteiger partial charge in [0.2, 0.25) is 0 Å². The van der Waals surface area contributed by atoms with Gasteiger partial charge in [0, 0.05) is 18.6 Å². The molecule has 0 aromatic rings. The summed E-state index contributed by atoms with van der Waals surface area (Å²) in [5, 5.41) is 0. The summed E-state index contributed by atoms with van der Waals surface area (Å²) in [7, 11) is 0. The van der Waals surface area contributed by atoms with Crippen LogP contribution in [0.4, 0.5) is 0 Å². The zero-order valence-electron chi connectivity index (χ0n) is 11.0. The first kappa shape index (κ1) is 12.4. The van der Waals surface area contributed by atoms with Crippen LogP contribution in [-0.4, -0.2) is 30.1 Å². The molecule has 0 bridgehead atoms. The maximum absolute atomic E-state index is 6.18. The lowest BCUT2D eigenvalue weighted by Gasteiger charge is -2.40. The molecule has 2 rings (SSSR count). The molecule has 0 aromatic heterocycles. The summed E-state index contributed by atoms with van der Waals surface area (Å²) in [4.78, 5) is 2.74. The lowest BCUT2D eigenvalue weighted by atomic mass is 9.89. The number of hydrogen-bond acceptors (Lipinski definition) is 2. The van der Waals surface area contributed by atoms with Gasteiger partial charge in [0.1, 0.15) is 0 Å². The van der Waals surface area contributed by atoms with Crippen LogP contribution in [0.25, 0.3) is 0 Å². The molecule has 0 amide bonds. The van der Waals surface area contributed by atoms with E-state index in [0.29, 0.717) is 6.04 Å². The molecule has 1 aliphatic carbocycles. The smallest absolute Gasteiger partial charge is 0.00981 e. The number of nitrogens with zero attached hydrogens (tertiary/aromatic N) is 1. The molecule has 2 heteroatoms. The lowest BCUT2D eigenvalue weighted by Crippen LogP contribution is -2.49. The summed E-state index contributed by atoms with van der Waals surface area (Å²) in [5.74, 6) is 1.75. The molecular formula is C14H28N2. The van der Waals surface area contributed by atoms with Crippen LogP contribution in [-0.2, 0) is 0 Å². The highest BCUT2D eigenvalue weighted by molar-refractivity contribution is 4.89. The molecule has 2 fully saturated rings. The third kappa shape index (κ3) is 2.60. The van der Waals surface area contributed by atoms with Crippen LogP contribution in [0.3, 0.4) is 0 Å². The van der Waals surface area contributed by atoms with Gasteiger partial charge in [0.25, 0.3) is 0 Å². The second-order valence-corrected chi connectivity index (χ2v) is 5.86. The van der Waals surface area contributed by atoms with E-state index < -0.39 is 0 Å². The number of piperidine rings is 1. The standard InChI is InChI=1S/C14H28N2/c1-3-11-5-6-13(9-11)16-8-7-14(15)12(4-2)10-16/h11-14H,3-10,15H2,1-2H3. The van der Waals surface area contributed by atoms with Crippen LogP contribution in [0.1, 0.15) is 52.4 Å². The van der Waals surface area contributed by atoms with Crippen molar-refractivity contribution >= 4 is 0 Å². The molecule has 4 unspecified atom stereocenters. The summed E-state index contributed by atoms with van der Waals surface area (Å²) >= 11 is 0. The van der Waals surface area contributed by atoms with Crippen LogP contribution in [0.5, 0.6) is 0 Å². The highest BCUT2D eigenvalue weighted by Crippen LogP contribution is 2.33. The van der Waals surface area contributed by atoms with Gasteiger partial charge in [-0.15, -0.1) is 0 Å². The molecule has 2 aliphatic rings. The fourth-order valence-corrected chi connectivity index (χ4v) is 3.59. The van der Waals surface area contributed by atoms with Crippen LogP contribution in [0.15, 0.2) is 0 Å². The maximum atomic E-state index is 6.18. The molecule has 0 aromatic carbocycles. The molecule has 1 saturated carbocycles. The van der Waals surface area contributed by atoms with Gasteiger partial charge in [-0.2, -0.15) is 0 Å². The van der Waals surface area contributed by atoms with Gasteiger partial charge in [-0.05, 0) is 44.1 Å². The third-order valence-electron chi connectivity index (χ3n) is 4.96. The Kier molecular flexibility index (Phi) is 4.26. The van der Waals surface area contributed by atoms with Gasteiger partial charge in [0.05, 0.1) is 0 Å². The van der Waals surface area contributed by atoms with Crippen molar-refractivity contribution in [2.24, 2.45) is 17.6 Å². The van der Waals surface area contributed by atoms with Gasteiger partial charge in [-0.25, -0.2) is 0 Å². The van der Waals surface area contributed by atoms with E-state index >= 15 is 0 Å². The molecule has 1 saturated heterocycles. The van der Waals surface area contributed by atoms with E-state index in [0.717, 1.165) is 17.9 Å². The second-order valence-electron chi connectivity index (χ2n) is 5.86. The Morgan fingerprint density at radius 2 is 1.94 bits per heavy atom. The van der Waals surface area contributed by atoms with Gasteiger partial charge >= 0.3 is 0 Å². The number of nitrogens with two attached hydrogens (primary N) is 1. The van der Waals surface area contributed by atoms with Crippen molar-refractivity contribution in [3.8, 4) is 0 Å². The zero-order valence-corrected chi connectivity index (χ0v) is 11.0. The first-order chi connectivity index (χ1) is 7.74. The van der Waals surface area contributed by atoms with E-state index in [1.807, 2.05) is 0 Å². The summed E-state index contributed by atoms with van der Waals surface area (Å²) in [5.41, 5.74) is 6.18. The maximum Gasteiger partial charge on any atom is 0.00981 e. The SMILES string of the molecule is CCC1CCC(N2CCC(N)C(CC)C2)C1. The van der Waals surface area contributed by atoms with E-state index in [1.165, 1.54) is 51.6 Å². The van der Waals surface area contributed by atoms with E-state index in [-0.39, 0.29) is 0 Å². The van der Waals surface area contributed by atoms with Crippen LogP contribution < -0.4 is 5.73 Å². The fraction of sp³-hybridized carbons (Fsp3) is 1.00. The topological polar surface area (TPSA) is 29.3 Å². The molecular weight excluding hydrogens is 196 g/mol. The van der Waals surface area contributed by atoms with Gasteiger partial charge in [-0.1, -0.05) is 26.7 Å². The van der Waals surface area contributed by atoms with Gasteiger partial charge in [0.15, 0.2) is 0 Å². The van der Waals surface area contributed by atoms with Crippen LogP contribution in [0, 0.1) is 11.8 Å². The minimum absolute atomic E-state index is 0.463. The van der Waals surface area contributed by atoms with Crippen molar-refractivity contribution in [1.29, 1.82) is 0 Å². The molecule has 0 radical (unpaired) electrons. The van der Waals surface area contributed by atoms with E-state index in [9.17, 15) is 0 Å². The van der Waals surface area contributed by atoms with E-state index in [1.54, 1.807) is 0 Å². The lowest BCUT2D eigenvalue weighted by molar-refractivity contribution is 0.106. The Bertz CT molecular complexity index is 217. The van der Waals surface area contributed by atoms with E-state index in [2.05, 4.69) is 18.7 Å². The fourth-order valence-electron chi connectivity index (χ4n) is 3.59. The normalized spacial score (nSPS) is 41.4. The van der Waals surface area contributed by atoms with Crippen molar-refractivity contribution in [1.82, 2.24) is 4.90 Å². The van der Waals surface area contributed by atoms with Crippen molar-refractivity contribution in [2.75, 3.05) is 13.1 Å². The average molecular weight is 224 g/mol. The van der Waals surface area contributed by atoms with Crippen molar-refractivity contribution in [3.63, 3.8) is 0 Å². The molecule has 1 heterocycles. The Hall–Kier alpha value is -0.0800. The first-order valence-electron chi connectivity index (χ1n) is 7.24. The summed E-state index contributed by atoms with van der Waals surface area (Å²) < 4.78 is 0. The van der Waals surface area contributed by atoms with Crippen LogP contribution >= 0.6 is 0 Å². The molecule has 4 atom stereocenters. The molecule has 16 heavy (non-hydrogen) atoms. The van der Waals surface area contributed by atoms with Crippen molar-refractivity contribution in [2.45, 2.75) is 64.5 Å². The molecule has 2 N–H and O–H groups in total. The Morgan fingerprint density at radius 1 is 1.12 bits per heavy atom. The summed E-state index contributed by atoms with van der Waals surface area (Å²) in [6.45, 7) is 7.14. The van der Waals surface area contributed by atoms with Gasteiger partial charge in [-0.3, -0.25) is 4.90 Å². The Balaban J connectivity index is 1.86. The predicted molar refractivity (Wildman–Crippen MR) is 69.4 cm³/mol. The molecule has 94 valence electrons. The van der Waals surface area contributed by atoms with E-state index in [4.69, 9.17) is 5.73 Å². The average Bonchev–Trinajstić information content (AvgIpc) is 2.78. The number of hydrogen-bond donors (Lipinski definition) is 1. The van der Waals surface area contributed by atoms with Crippen LogP contribution in [0.2, 0.25) is 0 Å². The minimum atomic E-state index is 0.463. The minimum Gasteiger partial charge on any atom is -0.327 e. The predicted octanol–water partition coefficient (Wildman–Crippen LogP) is 2.62. The van der Waals surface area contributed by atoms with Gasteiger partial charge < -0.3 is 5.73 Å². The number of rotatable bonds is 3. The third-order valence-corrected chi connectivity index (χ3v) is 4.96. The molecule has 2 nitrogen and oxygen atoms in total. The Labute approximate surface area is 101 Å². The quantitative estimate of drug-likeness (QED) is 0.798. The molecule has 1 aliphatic heterocycles. The van der Waals surface area contributed by atoms with Crippen molar-refractivity contribution < 1.29 is 0 Å². The zero-order chi connectivity index (χ0) is 11.5. The first-order valence-corrected chi connectivity index (χ1v) is 7.24. The summed E-state index contributed by atoms with van der Waals surface area (Å²) in [6, 6.07) is 1.34. The Morgan fingerprint density at radius 3 is 2.56 bits per heavy atom. The highest BCUT2D eigenvalue weighted by Gasteiger charge is 2.33. The monoisotopic (exact) mass is 224 g/mol. The largest absolute Gasteiger partial charge is 0.327 e. The summed E-state index contributed by atoms with van der Waals surface area (Å²) in [6.07, 6.45) is 8.18.